The zero-order valence-corrected chi connectivity index (χ0v) is 12.4. The van der Waals surface area contributed by atoms with Crippen molar-refractivity contribution >= 4 is 23.5 Å². The molecule has 1 aliphatic carbocycles. The summed E-state index contributed by atoms with van der Waals surface area (Å²) < 4.78 is 0. The molecule has 6 heteroatoms. The van der Waals surface area contributed by atoms with Crippen molar-refractivity contribution in [2.24, 2.45) is 11.7 Å². The Labute approximate surface area is 128 Å². The molecule has 0 saturated carbocycles. The first kappa shape index (κ1) is 14.2. The van der Waals surface area contributed by atoms with Crippen LogP contribution < -0.4 is 11.1 Å². The Morgan fingerprint density at radius 1 is 1.33 bits per heavy atom. The molecule has 2 aliphatic rings. The predicted molar refractivity (Wildman–Crippen MR) is 79.9 cm³/mol. The van der Waals surface area contributed by atoms with Gasteiger partial charge in [0, 0.05) is 18.1 Å². The SMILES string of the molecule is NC(=O)[C@H]1CCN(C(=O)N[C@@H]2CCc3cc(Cl)ccc32)C1. The van der Waals surface area contributed by atoms with Crippen molar-refractivity contribution in [2.75, 3.05) is 13.1 Å². The third-order valence-corrected chi connectivity index (χ3v) is 4.59. The first-order valence-electron chi connectivity index (χ1n) is 7.17. The molecule has 112 valence electrons. The molecule has 0 spiro atoms. The van der Waals surface area contributed by atoms with Crippen LogP contribution in [0.3, 0.4) is 0 Å². The smallest absolute Gasteiger partial charge is 0.317 e. The van der Waals surface area contributed by atoms with Crippen LogP contribution in [0.1, 0.15) is 30.0 Å². The van der Waals surface area contributed by atoms with Crippen molar-refractivity contribution in [2.45, 2.75) is 25.3 Å². The highest BCUT2D eigenvalue weighted by Crippen LogP contribution is 2.33. The van der Waals surface area contributed by atoms with Gasteiger partial charge in [-0.3, -0.25) is 4.79 Å². The van der Waals surface area contributed by atoms with Gasteiger partial charge in [-0.05, 0) is 42.5 Å². The number of benzene rings is 1. The van der Waals surface area contributed by atoms with E-state index in [-0.39, 0.29) is 23.9 Å². The number of nitrogens with one attached hydrogen (secondary N) is 1. The van der Waals surface area contributed by atoms with Crippen LogP contribution in [0.15, 0.2) is 18.2 Å². The number of nitrogens with two attached hydrogens (primary N) is 1. The number of halogens is 1. The quantitative estimate of drug-likeness (QED) is 0.875. The van der Waals surface area contributed by atoms with Crippen molar-refractivity contribution in [3.63, 3.8) is 0 Å². The number of urea groups is 1. The maximum absolute atomic E-state index is 12.3. The second-order valence-electron chi connectivity index (χ2n) is 5.72. The Hall–Kier alpha value is -1.75. The number of rotatable bonds is 2. The average molecular weight is 308 g/mol. The number of amides is 3. The van der Waals surface area contributed by atoms with Gasteiger partial charge in [0.1, 0.15) is 0 Å². The van der Waals surface area contributed by atoms with Gasteiger partial charge in [-0.15, -0.1) is 0 Å². The molecule has 3 amide bonds. The third-order valence-electron chi connectivity index (χ3n) is 4.36. The van der Waals surface area contributed by atoms with E-state index in [9.17, 15) is 9.59 Å². The van der Waals surface area contributed by atoms with Gasteiger partial charge in [-0.25, -0.2) is 4.79 Å². The minimum absolute atomic E-state index is 0.0254. The van der Waals surface area contributed by atoms with E-state index in [2.05, 4.69) is 5.32 Å². The van der Waals surface area contributed by atoms with E-state index in [0.29, 0.717) is 19.5 Å². The van der Waals surface area contributed by atoms with E-state index in [1.165, 1.54) is 5.56 Å². The predicted octanol–water partition coefficient (Wildman–Crippen LogP) is 1.84. The third kappa shape index (κ3) is 2.83. The van der Waals surface area contributed by atoms with Crippen LogP contribution in [-0.4, -0.2) is 29.9 Å². The molecule has 3 N–H and O–H groups in total. The molecule has 1 fully saturated rings. The number of carbonyl (C=O) groups is 2. The standard InChI is InChI=1S/C15H18ClN3O2/c16-11-2-3-12-9(7-11)1-4-13(12)18-15(21)19-6-5-10(8-19)14(17)20/h2-3,7,10,13H,1,4-6,8H2,(H2,17,20)(H,18,21)/t10-,13+/m0/s1. The normalized spacial score (nSPS) is 24.0. The van der Waals surface area contributed by atoms with Gasteiger partial charge in [0.2, 0.25) is 5.91 Å². The van der Waals surface area contributed by atoms with Gasteiger partial charge in [0.25, 0.3) is 0 Å². The van der Waals surface area contributed by atoms with Crippen LogP contribution in [0.5, 0.6) is 0 Å². The van der Waals surface area contributed by atoms with Gasteiger partial charge < -0.3 is 16.0 Å². The Bertz CT molecular complexity index is 590. The number of hydrogen-bond acceptors (Lipinski definition) is 2. The number of likely N-dealkylation sites (tertiary alicyclic amines) is 1. The largest absolute Gasteiger partial charge is 0.369 e. The van der Waals surface area contributed by atoms with Gasteiger partial charge in [0.05, 0.1) is 12.0 Å². The summed E-state index contributed by atoms with van der Waals surface area (Å²) in [5, 5.41) is 3.77. The molecular formula is C15H18ClN3O2. The molecule has 1 saturated heterocycles. The Morgan fingerprint density at radius 2 is 2.14 bits per heavy atom. The zero-order chi connectivity index (χ0) is 15.0. The summed E-state index contributed by atoms with van der Waals surface area (Å²) >= 11 is 5.99. The van der Waals surface area contributed by atoms with E-state index in [1.807, 2.05) is 18.2 Å². The molecule has 0 aromatic heterocycles. The monoisotopic (exact) mass is 307 g/mol. The topological polar surface area (TPSA) is 75.4 Å². The zero-order valence-electron chi connectivity index (χ0n) is 11.6. The Kier molecular flexibility index (Phi) is 3.76. The number of nitrogens with zero attached hydrogens (tertiary/aromatic N) is 1. The second kappa shape index (κ2) is 5.56. The van der Waals surface area contributed by atoms with Crippen LogP contribution in [0.4, 0.5) is 4.79 Å². The summed E-state index contributed by atoms with van der Waals surface area (Å²) in [6.45, 7) is 1.00. The fourth-order valence-corrected chi connectivity index (χ4v) is 3.35. The van der Waals surface area contributed by atoms with Gasteiger partial charge in [-0.2, -0.15) is 0 Å². The molecule has 5 nitrogen and oxygen atoms in total. The number of primary amides is 1. The fraction of sp³-hybridized carbons (Fsp3) is 0.467. The summed E-state index contributed by atoms with van der Waals surface area (Å²) in [7, 11) is 0. The van der Waals surface area contributed by atoms with Crippen molar-refractivity contribution in [3.8, 4) is 0 Å². The summed E-state index contributed by atoms with van der Waals surface area (Å²) in [6.07, 6.45) is 2.46. The van der Waals surface area contributed by atoms with Crippen LogP contribution >= 0.6 is 11.6 Å². The van der Waals surface area contributed by atoms with Crippen LogP contribution in [0.2, 0.25) is 5.02 Å². The molecule has 3 rings (SSSR count). The van der Waals surface area contributed by atoms with Crippen LogP contribution in [0, 0.1) is 5.92 Å². The van der Waals surface area contributed by atoms with Gasteiger partial charge >= 0.3 is 6.03 Å². The van der Waals surface area contributed by atoms with E-state index in [4.69, 9.17) is 17.3 Å². The Balaban J connectivity index is 1.64. The van der Waals surface area contributed by atoms with Crippen molar-refractivity contribution in [3.05, 3.63) is 34.3 Å². The highest BCUT2D eigenvalue weighted by molar-refractivity contribution is 6.30. The Morgan fingerprint density at radius 3 is 2.86 bits per heavy atom. The number of carbonyl (C=O) groups excluding carboxylic acids is 2. The highest BCUT2D eigenvalue weighted by Gasteiger charge is 2.32. The summed E-state index contributed by atoms with van der Waals surface area (Å²) in [6, 6.07) is 5.70. The lowest BCUT2D eigenvalue weighted by Crippen LogP contribution is -2.40. The van der Waals surface area contributed by atoms with E-state index in [0.717, 1.165) is 23.4 Å². The maximum atomic E-state index is 12.3. The number of fused-ring (bicyclic) bond motifs is 1. The first-order chi connectivity index (χ1) is 10.0. The van der Waals surface area contributed by atoms with Crippen molar-refractivity contribution in [1.82, 2.24) is 10.2 Å². The second-order valence-corrected chi connectivity index (χ2v) is 6.15. The summed E-state index contributed by atoms with van der Waals surface area (Å²) in [5.74, 6) is -0.545. The molecule has 0 radical (unpaired) electrons. The number of hydrogen-bond donors (Lipinski definition) is 2. The van der Waals surface area contributed by atoms with E-state index in [1.54, 1.807) is 4.90 Å². The first-order valence-corrected chi connectivity index (χ1v) is 7.55. The van der Waals surface area contributed by atoms with Crippen molar-refractivity contribution in [1.29, 1.82) is 0 Å². The van der Waals surface area contributed by atoms with Crippen LogP contribution in [0.25, 0.3) is 0 Å². The molecule has 21 heavy (non-hydrogen) atoms. The average Bonchev–Trinajstić information content (AvgIpc) is 3.06. The molecule has 1 aromatic carbocycles. The van der Waals surface area contributed by atoms with Crippen molar-refractivity contribution < 1.29 is 9.59 Å². The molecule has 0 unspecified atom stereocenters. The highest BCUT2D eigenvalue weighted by atomic mass is 35.5. The molecule has 1 aliphatic heterocycles. The van der Waals surface area contributed by atoms with E-state index < -0.39 is 0 Å². The lowest BCUT2D eigenvalue weighted by Gasteiger charge is -2.21. The molecule has 2 atom stereocenters. The lowest BCUT2D eigenvalue weighted by molar-refractivity contribution is -0.121. The molecule has 1 heterocycles. The molecule has 1 aromatic rings. The minimum Gasteiger partial charge on any atom is -0.369 e. The van der Waals surface area contributed by atoms with Crippen LogP contribution in [-0.2, 0) is 11.2 Å². The van der Waals surface area contributed by atoms with E-state index >= 15 is 0 Å². The minimum atomic E-state index is -0.328. The summed E-state index contributed by atoms with van der Waals surface area (Å²) in [4.78, 5) is 25.1. The lowest BCUT2D eigenvalue weighted by atomic mass is 10.1. The molecule has 0 bridgehead atoms. The fourth-order valence-electron chi connectivity index (χ4n) is 3.15. The number of aryl methyl sites for hydroxylation is 1. The molecular weight excluding hydrogens is 290 g/mol. The van der Waals surface area contributed by atoms with Gasteiger partial charge in [0.15, 0.2) is 0 Å². The maximum Gasteiger partial charge on any atom is 0.317 e. The van der Waals surface area contributed by atoms with Gasteiger partial charge in [-0.1, -0.05) is 17.7 Å². The summed E-state index contributed by atoms with van der Waals surface area (Å²) in [5.41, 5.74) is 7.63.